The minimum Gasteiger partial charge on any atom is -0.348 e. The van der Waals surface area contributed by atoms with Crippen LogP contribution in [-0.2, 0) is 4.79 Å². The van der Waals surface area contributed by atoms with Crippen molar-refractivity contribution in [1.29, 1.82) is 0 Å². The highest BCUT2D eigenvalue weighted by Gasteiger charge is 2.33. The molecule has 2 heterocycles. The van der Waals surface area contributed by atoms with Gasteiger partial charge in [0, 0.05) is 11.3 Å². The predicted octanol–water partition coefficient (Wildman–Crippen LogP) is 3.10. The number of hydrogen-bond donors (Lipinski definition) is 2. The van der Waals surface area contributed by atoms with Crippen LogP contribution < -0.4 is 10.6 Å². The second kappa shape index (κ2) is 6.72. The van der Waals surface area contributed by atoms with Crippen LogP contribution in [0, 0.1) is 11.8 Å². The molecule has 2 aliphatic rings. The highest BCUT2D eigenvalue weighted by atomic mass is 32.1. The molecule has 1 aliphatic heterocycles. The smallest absolute Gasteiger partial charge is 0.220 e. The lowest BCUT2D eigenvalue weighted by atomic mass is 9.93. The molecule has 0 aromatic carbocycles. The van der Waals surface area contributed by atoms with Crippen LogP contribution in [0.2, 0.25) is 0 Å². The number of amides is 1. The highest BCUT2D eigenvalue weighted by Crippen LogP contribution is 2.42. The molecule has 0 spiro atoms. The normalized spacial score (nSPS) is 21.6. The van der Waals surface area contributed by atoms with Gasteiger partial charge in [0.05, 0.1) is 6.04 Å². The van der Waals surface area contributed by atoms with Crippen LogP contribution in [0.15, 0.2) is 17.5 Å². The second-order valence-electron chi connectivity index (χ2n) is 6.13. The standard InChI is InChI=1S/C16H24N2OS/c19-15(6-3-12-7-9-17-10-8-12)18-16(13-4-5-13)14-2-1-11-20-14/h1-2,11-13,16-17H,3-10H2,(H,18,19). The molecule has 110 valence electrons. The van der Waals surface area contributed by atoms with Gasteiger partial charge in [-0.25, -0.2) is 0 Å². The number of nitrogens with one attached hydrogen (secondary N) is 2. The van der Waals surface area contributed by atoms with Gasteiger partial charge in [-0.2, -0.15) is 0 Å². The summed E-state index contributed by atoms with van der Waals surface area (Å²) >= 11 is 1.76. The number of carbonyl (C=O) groups excluding carboxylic acids is 1. The number of carbonyl (C=O) groups is 1. The molecule has 1 unspecified atom stereocenters. The van der Waals surface area contributed by atoms with E-state index in [0.29, 0.717) is 12.3 Å². The topological polar surface area (TPSA) is 41.1 Å². The van der Waals surface area contributed by atoms with Crippen LogP contribution in [-0.4, -0.2) is 19.0 Å². The quantitative estimate of drug-likeness (QED) is 0.846. The fourth-order valence-corrected chi connectivity index (χ4v) is 3.94. The third-order valence-corrected chi connectivity index (χ3v) is 5.45. The lowest BCUT2D eigenvalue weighted by Gasteiger charge is -2.23. The zero-order chi connectivity index (χ0) is 13.8. The molecular weight excluding hydrogens is 268 g/mol. The van der Waals surface area contributed by atoms with Gasteiger partial charge in [-0.05, 0) is 68.5 Å². The molecule has 1 aromatic heterocycles. The summed E-state index contributed by atoms with van der Waals surface area (Å²) < 4.78 is 0. The van der Waals surface area contributed by atoms with Crippen LogP contribution in [0.1, 0.15) is 49.4 Å². The fourth-order valence-electron chi connectivity index (χ4n) is 3.07. The van der Waals surface area contributed by atoms with Gasteiger partial charge in [0.15, 0.2) is 0 Å². The summed E-state index contributed by atoms with van der Waals surface area (Å²) in [6.07, 6.45) is 6.72. The third kappa shape index (κ3) is 3.83. The monoisotopic (exact) mass is 292 g/mol. The first-order chi connectivity index (χ1) is 9.83. The van der Waals surface area contributed by atoms with E-state index in [2.05, 4.69) is 28.1 Å². The summed E-state index contributed by atoms with van der Waals surface area (Å²) in [5, 5.41) is 8.76. The summed E-state index contributed by atoms with van der Waals surface area (Å²) in [5.74, 6) is 1.66. The van der Waals surface area contributed by atoms with Gasteiger partial charge in [-0.15, -0.1) is 11.3 Å². The van der Waals surface area contributed by atoms with E-state index in [1.54, 1.807) is 11.3 Å². The van der Waals surface area contributed by atoms with E-state index >= 15 is 0 Å². The van der Waals surface area contributed by atoms with E-state index in [1.165, 1.54) is 30.6 Å². The van der Waals surface area contributed by atoms with Gasteiger partial charge in [-0.1, -0.05) is 6.07 Å². The Bertz CT molecular complexity index is 422. The van der Waals surface area contributed by atoms with Crippen LogP contribution in [0.25, 0.3) is 0 Å². The zero-order valence-electron chi connectivity index (χ0n) is 11.9. The van der Waals surface area contributed by atoms with E-state index in [1.807, 2.05) is 0 Å². The third-order valence-electron chi connectivity index (χ3n) is 4.50. The highest BCUT2D eigenvalue weighted by molar-refractivity contribution is 7.10. The molecule has 1 saturated carbocycles. The van der Waals surface area contributed by atoms with Crippen LogP contribution >= 0.6 is 11.3 Å². The van der Waals surface area contributed by atoms with Crippen molar-refractivity contribution in [3.8, 4) is 0 Å². The van der Waals surface area contributed by atoms with Gasteiger partial charge in [0.1, 0.15) is 0 Å². The summed E-state index contributed by atoms with van der Waals surface area (Å²) in [6.45, 7) is 2.23. The summed E-state index contributed by atoms with van der Waals surface area (Å²) in [4.78, 5) is 13.5. The van der Waals surface area contributed by atoms with Crippen LogP contribution in [0.5, 0.6) is 0 Å². The Hall–Kier alpha value is -0.870. The molecule has 1 saturated heterocycles. The van der Waals surface area contributed by atoms with Crippen molar-refractivity contribution in [3.63, 3.8) is 0 Å². The van der Waals surface area contributed by atoms with E-state index in [0.717, 1.165) is 25.4 Å². The van der Waals surface area contributed by atoms with Gasteiger partial charge in [0.25, 0.3) is 0 Å². The lowest BCUT2D eigenvalue weighted by molar-refractivity contribution is -0.122. The van der Waals surface area contributed by atoms with Crippen molar-refractivity contribution in [1.82, 2.24) is 10.6 Å². The molecule has 2 fully saturated rings. The molecule has 4 heteroatoms. The Morgan fingerprint density at radius 2 is 2.15 bits per heavy atom. The first-order valence-corrected chi connectivity index (χ1v) is 8.74. The zero-order valence-corrected chi connectivity index (χ0v) is 12.8. The second-order valence-corrected chi connectivity index (χ2v) is 7.11. The first-order valence-electron chi connectivity index (χ1n) is 7.86. The van der Waals surface area contributed by atoms with Crippen molar-refractivity contribution < 1.29 is 4.79 Å². The number of hydrogen-bond acceptors (Lipinski definition) is 3. The van der Waals surface area contributed by atoms with Gasteiger partial charge < -0.3 is 10.6 Å². The molecule has 1 amide bonds. The van der Waals surface area contributed by atoms with Crippen LogP contribution in [0.4, 0.5) is 0 Å². The Morgan fingerprint density at radius 1 is 1.35 bits per heavy atom. The maximum absolute atomic E-state index is 12.2. The molecule has 3 nitrogen and oxygen atoms in total. The minimum absolute atomic E-state index is 0.244. The average Bonchev–Trinajstić information content (AvgIpc) is 3.18. The largest absolute Gasteiger partial charge is 0.348 e. The molecular formula is C16H24N2OS. The minimum atomic E-state index is 0.244. The number of thiophene rings is 1. The van der Waals surface area contributed by atoms with E-state index in [4.69, 9.17) is 0 Å². The average molecular weight is 292 g/mol. The summed E-state index contributed by atoms with van der Waals surface area (Å²) in [5.41, 5.74) is 0. The molecule has 3 rings (SSSR count). The number of piperidine rings is 1. The molecule has 0 radical (unpaired) electrons. The Balaban J connectivity index is 1.47. The molecule has 2 N–H and O–H groups in total. The molecule has 1 aromatic rings. The van der Waals surface area contributed by atoms with Gasteiger partial charge in [-0.3, -0.25) is 4.79 Å². The Morgan fingerprint density at radius 3 is 2.80 bits per heavy atom. The predicted molar refractivity (Wildman–Crippen MR) is 82.8 cm³/mol. The Kier molecular flexibility index (Phi) is 4.73. The summed E-state index contributed by atoms with van der Waals surface area (Å²) in [6, 6.07) is 4.51. The maximum atomic E-state index is 12.2. The number of rotatable bonds is 6. The molecule has 1 atom stereocenters. The summed E-state index contributed by atoms with van der Waals surface area (Å²) in [7, 11) is 0. The maximum Gasteiger partial charge on any atom is 0.220 e. The SMILES string of the molecule is O=C(CCC1CCNCC1)NC(c1cccs1)C1CC1. The van der Waals surface area contributed by atoms with E-state index in [9.17, 15) is 4.79 Å². The van der Waals surface area contributed by atoms with Crippen molar-refractivity contribution in [3.05, 3.63) is 22.4 Å². The molecule has 0 bridgehead atoms. The lowest BCUT2D eigenvalue weighted by Crippen LogP contribution is -2.31. The Labute approximate surface area is 125 Å². The van der Waals surface area contributed by atoms with Gasteiger partial charge in [0.2, 0.25) is 5.91 Å². The van der Waals surface area contributed by atoms with Crippen molar-refractivity contribution >= 4 is 17.2 Å². The van der Waals surface area contributed by atoms with Crippen molar-refractivity contribution in [2.45, 2.75) is 44.6 Å². The van der Waals surface area contributed by atoms with Crippen molar-refractivity contribution in [2.75, 3.05) is 13.1 Å². The first kappa shape index (κ1) is 14.1. The van der Waals surface area contributed by atoms with Gasteiger partial charge >= 0.3 is 0 Å². The van der Waals surface area contributed by atoms with Crippen LogP contribution in [0.3, 0.4) is 0 Å². The fraction of sp³-hybridized carbons (Fsp3) is 0.688. The van der Waals surface area contributed by atoms with Crippen molar-refractivity contribution in [2.24, 2.45) is 11.8 Å². The van der Waals surface area contributed by atoms with E-state index in [-0.39, 0.29) is 11.9 Å². The van der Waals surface area contributed by atoms with E-state index < -0.39 is 0 Å². The molecule has 20 heavy (non-hydrogen) atoms. The molecule has 1 aliphatic carbocycles.